The number of nitrogens with zero attached hydrogens (tertiary/aromatic N) is 1. The van der Waals surface area contributed by atoms with Crippen molar-refractivity contribution in [3.05, 3.63) is 29.6 Å². The molecule has 0 atom stereocenters. The second-order valence-electron chi connectivity index (χ2n) is 4.81. The largest absolute Gasteiger partial charge is 0.505 e. The quantitative estimate of drug-likeness (QED) is 0.372. The molecule has 0 aliphatic carbocycles. The summed E-state index contributed by atoms with van der Waals surface area (Å²) >= 11 is 0. The van der Waals surface area contributed by atoms with E-state index in [1.54, 1.807) is 6.07 Å². The summed E-state index contributed by atoms with van der Waals surface area (Å²) in [5.41, 5.74) is 0.712. The van der Waals surface area contributed by atoms with Crippen molar-refractivity contribution in [3.63, 3.8) is 0 Å². The highest BCUT2D eigenvalue weighted by Crippen LogP contribution is 2.16. The van der Waals surface area contributed by atoms with E-state index in [4.69, 9.17) is 9.84 Å². The number of ether oxygens (including phenoxy) is 1. The minimum atomic E-state index is -0.624. The summed E-state index contributed by atoms with van der Waals surface area (Å²) in [6.07, 6.45) is 2.00. The van der Waals surface area contributed by atoms with Crippen LogP contribution in [-0.4, -0.2) is 37.4 Å². The first-order chi connectivity index (χ1) is 10.7. The highest BCUT2D eigenvalue weighted by Gasteiger charge is 2.02. The minimum absolute atomic E-state index is 0.341. The van der Waals surface area contributed by atoms with Gasteiger partial charge in [0.05, 0.1) is 6.54 Å². The predicted molar refractivity (Wildman–Crippen MR) is 86.6 cm³/mol. The van der Waals surface area contributed by atoms with Crippen molar-refractivity contribution in [2.75, 3.05) is 26.3 Å². The van der Waals surface area contributed by atoms with E-state index < -0.39 is 5.82 Å². The lowest BCUT2D eigenvalue weighted by Gasteiger charge is -2.11. The highest BCUT2D eigenvalue weighted by molar-refractivity contribution is 5.79. The van der Waals surface area contributed by atoms with Crippen LogP contribution in [0.1, 0.15) is 32.3 Å². The Morgan fingerprint density at radius 1 is 1.27 bits per heavy atom. The number of aromatic hydroxyl groups is 1. The molecule has 0 heterocycles. The molecule has 0 aliphatic heterocycles. The van der Waals surface area contributed by atoms with Crippen molar-refractivity contribution >= 4 is 5.96 Å². The maximum atomic E-state index is 13.3. The maximum Gasteiger partial charge on any atom is 0.191 e. The van der Waals surface area contributed by atoms with Gasteiger partial charge in [-0.05, 0) is 44.4 Å². The van der Waals surface area contributed by atoms with E-state index in [-0.39, 0.29) is 5.75 Å². The number of guanidine groups is 1. The van der Waals surface area contributed by atoms with Crippen LogP contribution in [0.25, 0.3) is 0 Å². The SMILES string of the molecule is CCNC(=NCc1ccc(O)c(F)c1)NCCCCOCC. The van der Waals surface area contributed by atoms with E-state index in [9.17, 15) is 4.39 Å². The minimum Gasteiger partial charge on any atom is -0.505 e. The summed E-state index contributed by atoms with van der Waals surface area (Å²) in [5, 5.41) is 15.5. The Morgan fingerprint density at radius 2 is 2.09 bits per heavy atom. The molecule has 1 aromatic rings. The first kappa shape index (κ1) is 18.2. The molecule has 0 saturated carbocycles. The van der Waals surface area contributed by atoms with Gasteiger partial charge >= 0.3 is 0 Å². The van der Waals surface area contributed by atoms with Gasteiger partial charge in [-0.25, -0.2) is 9.38 Å². The first-order valence-corrected chi connectivity index (χ1v) is 7.74. The normalized spacial score (nSPS) is 11.5. The third-order valence-corrected chi connectivity index (χ3v) is 2.99. The number of rotatable bonds is 9. The van der Waals surface area contributed by atoms with E-state index in [1.165, 1.54) is 12.1 Å². The number of benzene rings is 1. The fourth-order valence-electron chi connectivity index (χ4n) is 1.84. The smallest absolute Gasteiger partial charge is 0.191 e. The Labute approximate surface area is 131 Å². The van der Waals surface area contributed by atoms with Gasteiger partial charge in [0.25, 0.3) is 0 Å². The number of phenolic OH excluding ortho intramolecular Hbond substituents is 1. The van der Waals surface area contributed by atoms with Gasteiger partial charge in [0.2, 0.25) is 0 Å². The highest BCUT2D eigenvalue weighted by atomic mass is 19.1. The number of unbranched alkanes of at least 4 members (excludes halogenated alkanes) is 1. The Hall–Kier alpha value is -1.82. The number of nitrogens with one attached hydrogen (secondary N) is 2. The van der Waals surface area contributed by atoms with Crippen molar-refractivity contribution in [3.8, 4) is 5.75 Å². The van der Waals surface area contributed by atoms with E-state index in [2.05, 4.69) is 15.6 Å². The summed E-state index contributed by atoms with van der Waals surface area (Å²) < 4.78 is 18.5. The average molecular weight is 311 g/mol. The lowest BCUT2D eigenvalue weighted by atomic mass is 10.2. The van der Waals surface area contributed by atoms with E-state index in [0.29, 0.717) is 18.1 Å². The molecule has 0 unspecified atom stereocenters. The van der Waals surface area contributed by atoms with Gasteiger partial charge in [0.1, 0.15) is 0 Å². The molecule has 0 spiro atoms. The van der Waals surface area contributed by atoms with Gasteiger partial charge in [0.15, 0.2) is 17.5 Å². The molecule has 22 heavy (non-hydrogen) atoms. The number of hydrogen-bond donors (Lipinski definition) is 3. The van der Waals surface area contributed by atoms with Crippen LogP contribution in [0, 0.1) is 5.82 Å². The molecule has 1 aromatic carbocycles. The van der Waals surface area contributed by atoms with E-state index >= 15 is 0 Å². The first-order valence-electron chi connectivity index (χ1n) is 7.74. The Kier molecular flexibility index (Phi) is 8.98. The fourth-order valence-corrected chi connectivity index (χ4v) is 1.84. The Balaban J connectivity index is 2.42. The van der Waals surface area contributed by atoms with Crippen molar-refractivity contribution in [1.82, 2.24) is 10.6 Å². The number of hydrogen-bond acceptors (Lipinski definition) is 3. The van der Waals surface area contributed by atoms with Crippen molar-refractivity contribution < 1.29 is 14.2 Å². The zero-order valence-corrected chi connectivity index (χ0v) is 13.4. The second-order valence-corrected chi connectivity index (χ2v) is 4.81. The summed E-state index contributed by atoms with van der Waals surface area (Å²) in [5.74, 6) is -0.263. The van der Waals surface area contributed by atoms with Crippen LogP contribution in [-0.2, 0) is 11.3 Å². The molecule has 0 bridgehead atoms. The zero-order valence-electron chi connectivity index (χ0n) is 13.4. The molecular formula is C16H26FN3O2. The summed E-state index contributed by atoms with van der Waals surface area (Å²) in [7, 11) is 0. The topological polar surface area (TPSA) is 65.9 Å². The molecule has 0 aliphatic rings. The fraction of sp³-hybridized carbons (Fsp3) is 0.562. The van der Waals surface area contributed by atoms with Gasteiger partial charge in [-0.15, -0.1) is 0 Å². The Bertz CT molecular complexity index is 467. The maximum absolute atomic E-state index is 13.3. The molecule has 1 rings (SSSR count). The lowest BCUT2D eigenvalue weighted by Crippen LogP contribution is -2.37. The summed E-state index contributed by atoms with van der Waals surface area (Å²) in [6.45, 7) is 7.43. The van der Waals surface area contributed by atoms with Crippen LogP contribution in [0.15, 0.2) is 23.2 Å². The van der Waals surface area contributed by atoms with Gasteiger partial charge in [0, 0.05) is 26.3 Å². The Morgan fingerprint density at radius 3 is 2.77 bits per heavy atom. The lowest BCUT2D eigenvalue weighted by molar-refractivity contribution is 0.143. The second kappa shape index (κ2) is 10.8. The molecule has 3 N–H and O–H groups in total. The van der Waals surface area contributed by atoms with Gasteiger partial charge < -0.3 is 20.5 Å². The number of halogens is 1. The standard InChI is InChI=1S/C16H26FN3O2/c1-3-18-16(19-9-5-6-10-22-4-2)20-12-13-7-8-15(21)14(17)11-13/h7-8,11,21H,3-6,9-10,12H2,1-2H3,(H2,18,19,20). The van der Waals surface area contributed by atoms with Crippen LogP contribution in [0.4, 0.5) is 4.39 Å². The van der Waals surface area contributed by atoms with Gasteiger partial charge in [-0.3, -0.25) is 0 Å². The molecule has 0 radical (unpaired) electrons. The van der Waals surface area contributed by atoms with Crippen LogP contribution < -0.4 is 10.6 Å². The molecule has 0 saturated heterocycles. The van der Waals surface area contributed by atoms with E-state index in [0.717, 1.165) is 39.1 Å². The summed E-state index contributed by atoms with van der Waals surface area (Å²) in [6, 6.07) is 4.30. The third-order valence-electron chi connectivity index (χ3n) is 2.99. The monoisotopic (exact) mass is 311 g/mol. The average Bonchev–Trinajstić information content (AvgIpc) is 2.51. The van der Waals surface area contributed by atoms with Crippen LogP contribution in [0.3, 0.4) is 0 Å². The molecule has 0 fully saturated rings. The van der Waals surface area contributed by atoms with Gasteiger partial charge in [-0.2, -0.15) is 0 Å². The van der Waals surface area contributed by atoms with Crippen LogP contribution >= 0.6 is 0 Å². The molecule has 0 aromatic heterocycles. The molecule has 124 valence electrons. The summed E-state index contributed by atoms with van der Waals surface area (Å²) in [4.78, 5) is 4.40. The predicted octanol–water partition coefficient (Wildman–Crippen LogP) is 2.40. The van der Waals surface area contributed by atoms with E-state index in [1.807, 2.05) is 13.8 Å². The number of aliphatic imine (C=N–C) groups is 1. The molecule has 5 nitrogen and oxygen atoms in total. The van der Waals surface area contributed by atoms with Gasteiger partial charge in [-0.1, -0.05) is 6.07 Å². The third kappa shape index (κ3) is 7.26. The number of phenols is 1. The molecular weight excluding hydrogens is 285 g/mol. The molecule has 6 heteroatoms. The molecule has 0 amide bonds. The van der Waals surface area contributed by atoms with Crippen LogP contribution in [0.2, 0.25) is 0 Å². The van der Waals surface area contributed by atoms with Crippen LogP contribution in [0.5, 0.6) is 5.75 Å². The van der Waals surface area contributed by atoms with Crippen molar-refractivity contribution in [1.29, 1.82) is 0 Å². The van der Waals surface area contributed by atoms with Crippen molar-refractivity contribution in [2.45, 2.75) is 33.2 Å². The van der Waals surface area contributed by atoms with Crippen molar-refractivity contribution in [2.24, 2.45) is 4.99 Å². The zero-order chi connectivity index (χ0) is 16.2.